The Kier molecular flexibility index (Phi) is 4.02. The Morgan fingerprint density at radius 3 is 2.76 bits per heavy atom. The van der Waals surface area contributed by atoms with E-state index in [0.717, 1.165) is 13.1 Å². The van der Waals surface area contributed by atoms with Gasteiger partial charge in [0.05, 0.1) is 6.54 Å². The van der Waals surface area contributed by atoms with Crippen molar-refractivity contribution in [3.05, 3.63) is 30.1 Å². The Bertz CT molecular complexity index is 337. The van der Waals surface area contributed by atoms with Gasteiger partial charge < -0.3 is 5.32 Å². The Hall–Kier alpha value is -1.07. The number of nitrogens with zero attached hydrogens (tertiary/aromatic N) is 2. The topological polar surface area (TPSA) is 28.2 Å². The highest BCUT2D eigenvalue weighted by molar-refractivity contribution is 5.10. The summed E-state index contributed by atoms with van der Waals surface area (Å²) in [4.78, 5) is 5.67. The van der Waals surface area contributed by atoms with Crippen LogP contribution in [-0.2, 0) is 6.42 Å². The van der Waals surface area contributed by atoms with E-state index in [4.69, 9.17) is 0 Å². The predicted octanol–water partition coefficient (Wildman–Crippen LogP) is 1.16. The molecule has 0 aliphatic carbocycles. The minimum absolute atomic E-state index is 0.163. The first-order valence-corrected chi connectivity index (χ1v) is 5.85. The molecule has 0 spiro atoms. The van der Waals surface area contributed by atoms with Gasteiger partial charge in [-0.25, -0.2) is 8.78 Å². The molecular weight excluding hydrogens is 224 g/mol. The summed E-state index contributed by atoms with van der Waals surface area (Å²) in [7, 11) is 0. The molecule has 0 atom stereocenters. The van der Waals surface area contributed by atoms with E-state index < -0.39 is 5.92 Å². The van der Waals surface area contributed by atoms with E-state index in [-0.39, 0.29) is 13.0 Å². The minimum atomic E-state index is -2.68. The number of piperazine rings is 1. The number of rotatable bonds is 4. The molecule has 0 bridgehead atoms. The molecule has 5 heteroatoms. The van der Waals surface area contributed by atoms with Crippen molar-refractivity contribution in [3.8, 4) is 0 Å². The lowest BCUT2D eigenvalue weighted by atomic mass is 10.1. The monoisotopic (exact) mass is 241 g/mol. The molecule has 94 valence electrons. The molecule has 0 unspecified atom stereocenters. The standard InChI is InChI=1S/C12H17F2N3/c13-12(14,8-11-2-1-3-16-9-11)10-17-6-4-15-5-7-17/h1-3,9,15H,4-8,10H2. The van der Waals surface area contributed by atoms with E-state index in [1.165, 1.54) is 6.20 Å². The van der Waals surface area contributed by atoms with Crippen LogP contribution >= 0.6 is 0 Å². The van der Waals surface area contributed by atoms with Gasteiger partial charge in [0.2, 0.25) is 0 Å². The molecule has 1 saturated heterocycles. The summed E-state index contributed by atoms with van der Waals surface area (Å²) < 4.78 is 27.6. The molecule has 0 aromatic carbocycles. The fourth-order valence-corrected chi connectivity index (χ4v) is 2.05. The molecule has 2 heterocycles. The molecule has 1 N–H and O–H groups in total. The van der Waals surface area contributed by atoms with Gasteiger partial charge in [-0.1, -0.05) is 6.07 Å². The number of hydrogen-bond acceptors (Lipinski definition) is 3. The van der Waals surface area contributed by atoms with E-state index in [1.807, 2.05) is 4.90 Å². The maximum Gasteiger partial charge on any atom is 0.264 e. The van der Waals surface area contributed by atoms with Crippen LogP contribution in [0.5, 0.6) is 0 Å². The average molecular weight is 241 g/mol. The van der Waals surface area contributed by atoms with Crippen LogP contribution in [0.25, 0.3) is 0 Å². The van der Waals surface area contributed by atoms with E-state index in [9.17, 15) is 8.78 Å². The average Bonchev–Trinajstić information content (AvgIpc) is 2.30. The van der Waals surface area contributed by atoms with E-state index in [0.29, 0.717) is 18.7 Å². The number of nitrogens with one attached hydrogen (secondary N) is 1. The van der Waals surface area contributed by atoms with Gasteiger partial charge in [0, 0.05) is 45.0 Å². The molecular formula is C12H17F2N3. The molecule has 0 saturated carbocycles. The molecule has 1 aliphatic rings. The lowest BCUT2D eigenvalue weighted by Crippen LogP contribution is -2.48. The van der Waals surface area contributed by atoms with Gasteiger partial charge in [0.15, 0.2) is 0 Å². The van der Waals surface area contributed by atoms with Crippen molar-refractivity contribution in [1.82, 2.24) is 15.2 Å². The largest absolute Gasteiger partial charge is 0.314 e. The highest BCUT2D eigenvalue weighted by Gasteiger charge is 2.32. The zero-order valence-electron chi connectivity index (χ0n) is 9.70. The normalized spacial score (nSPS) is 18.2. The van der Waals surface area contributed by atoms with Crippen molar-refractivity contribution in [3.63, 3.8) is 0 Å². The molecule has 3 nitrogen and oxygen atoms in total. The molecule has 0 radical (unpaired) electrons. The fourth-order valence-electron chi connectivity index (χ4n) is 2.05. The smallest absolute Gasteiger partial charge is 0.264 e. The highest BCUT2D eigenvalue weighted by Crippen LogP contribution is 2.21. The van der Waals surface area contributed by atoms with Crippen LogP contribution < -0.4 is 5.32 Å². The number of pyridine rings is 1. The van der Waals surface area contributed by atoms with Crippen LogP contribution in [0, 0.1) is 0 Å². The second kappa shape index (κ2) is 5.51. The summed E-state index contributed by atoms with van der Waals surface area (Å²) in [6.45, 7) is 2.82. The van der Waals surface area contributed by atoms with Crippen molar-refractivity contribution in [2.75, 3.05) is 32.7 Å². The third kappa shape index (κ3) is 4.02. The molecule has 1 fully saturated rings. The molecule has 2 rings (SSSR count). The number of halogens is 2. The first-order chi connectivity index (χ1) is 8.16. The van der Waals surface area contributed by atoms with Crippen molar-refractivity contribution < 1.29 is 8.78 Å². The van der Waals surface area contributed by atoms with Crippen molar-refractivity contribution in [1.29, 1.82) is 0 Å². The summed E-state index contributed by atoms with van der Waals surface area (Å²) in [5.74, 6) is -2.68. The van der Waals surface area contributed by atoms with Gasteiger partial charge in [-0.3, -0.25) is 9.88 Å². The number of alkyl halides is 2. The quantitative estimate of drug-likeness (QED) is 0.857. The van der Waals surface area contributed by atoms with Crippen LogP contribution in [0.3, 0.4) is 0 Å². The third-order valence-corrected chi connectivity index (χ3v) is 2.85. The van der Waals surface area contributed by atoms with Crippen LogP contribution in [0.15, 0.2) is 24.5 Å². The summed E-state index contributed by atoms with van der Waals surface area (Å²) in [5, 5.41) is 3.15. The van der Waals surface area contributed by atoms with E-state index in [2.05, 4.69) is 10.3 Å². The summed E-state index contributed by atoms with van der Waals surface area (Å²) >= 11 is 0. The van der Waals surface area contributed by atoms with Gasteiger partial charge in [0.1, 0.15) is 0 Å². The third-order valence-electron chi connectivity index (χ3n) is 2.85. The summed E-state index contributed by atoms with van der Waals surface area (Å²) in [6.07, 6.45) is 2.87. The predicted molar refractivity (Wildman–Crippen MR) is 62.2 cm³/mol. The van der Waals surface area contributed by atoms with Gasteiger partial charge >= 0.3 is 0 Å². The first kappa shape index (κ1) is 12.4. The maximum absolute atomic E-state index is 13.8. The number of aromatic nitrogens is 1. The second-order valence-electron chi connectivity index (χ2n) is 4.42. The van der Waals surface area contributed by atoms with Crippen molar-refractivity contribution >= 4 is 0 Å². The fraction of sp³-hybridized carbons (Fsp3) is 0.583. The minimum Gasteiger partial charge on any atom is -0.314 e. The first-order valence-electron chi connectivity index (χ1n) is 5.85. The van der Waals surface area contributed by atoms with E-state index >= 15 is 0 Å². The lowest BCUT2D eigenvalue weighted by Gasteiger charge is -2.30. The zero-order valence-corrected chi connectivity index (χ0v) is 9.70. The van der Waals surface area contributed by atoms with Gasteiger partial charge in [-0.2, -0.15) is 0 Å². The second-order valence-corrected chi connectivity index (χ2v) is 4.42. The van der Waals surface area contributed by atoms with Crippen LogP contribution in [-0.4, -0.2) is 48.5 Å². The Morgan fingerprint density at radius 2 is 2.12 bits per heavy atom. The number of hydrogen-bond donors (Lipinski definition) is 1. The Morgan fingerprint density at radius 1 is 1.35 bits per heavy atom. The van der Waals surface area contributed by atoms with Gasteiger partial charge in [0.25, 0.3) is 5.92 Å². The van der Waals surface area contributed by atoms with Crippen LogP contribution in [0.2, 0.25) is 0 Å². The molecule has 1 aromatic heterocycles. The molecule has 1 aliphatic heterocycles. The maximum atomic E-state index is 13.8. The van der Waals surface area contributed by atoms with E-state index in [1.54, 1.807) is 18.3 Å². The van der Waals surface area contributed by atoms with Crippen LogP contribution in [0.1, 0.15) is 5.56 Å². The molecule has 0 amide bonds. The Balaban J connectivity index is 1.89. The molecule has 17 heavy (non-hydrogen) atoms. The van der Waals surface area contributed by atoms with Crippen LogP contribution in [0.4, 0.5) is 8.78 Å². The summed E-state index contributed by atoms with van der Waals surface area (Å²) in [6, 6.07) is 3.38. The SMILES string of the molecule is FC(F)(Cc1cccnc1)CN1CCNCC1. The van der Waals surface area contributed by atoms with Crippen molar-refractivity contribution in [2.24, 2.45) is 0 Å². The highest BCUT2D eigenvalue weighted by atomic mass is 19.3. The lowest BCUT2D eigenvalue weighted by molar-refractivity contribution is -0.0337. The summed E-state index contributed by atoms with van der Waals surface area (Å²) in [5.41, 5.74) is 0.590. The Labute approximate surface area is 99.8 Å². The molecule has 1 aromatic rings. The van der Waals surface area contributed by atoms with Crippen molar-refractivity contribution in [2.45, 2.75) is 12.3 Å². The van der Waals surface area contributed by atoms with Gasteiger partial charge in [-0.05, 0) is 11.6 Å². The zero-order chi connectivity index (χ0) is 12.1. The van der Waals surface area contributed by atoms with Gasteiger partial charge in [-0.15, -0.1) is 0 Å².